The van der Waals surface area contributed by atoms with Gasteiger partial charge in [-0.25, -0.2) is 13.1 Å². The predicted octanol–water partition coefficient (Wildman–Crippen LogP) is 1.68. The molecular weight excluding hydrogens is 369 g/mol. The van der Waals surface area contributed by atoms with Crippen LogP contribution in [-0.4, -0.2) is 52.6 Å². The molecule has 128 valence electrons. The lowest BCUT2D eigenvalue weighted by Crippen LogP contribution is -2.46. The molecule has 2 rings (SSSR count). The molecule has 1 aromatic carbocycles. The Labute approximate surface area is 149 Å². The van der Waals surface area contributed by atoms with Gasteiger partial charge in [-0.05, 0) is 24.6 Å². The van der Waals surface area contributed by atoms with Gasteiger partial charge in [0.05, 0.1) is 4.90 Å². The van der Waals surface area contributed by atoms with Crippen LogP contribution < -0.4 is 10.0 Å². The second kappa shape index (κ2) is 9.93. The number of piperazine rings is 1. The molecule has 22 heavy (non-hydrogen) atoms. The normalized spacial score (nSPS) is 15.7. The van der Waals surface area contributed by atoms with Crippen LogP contribution in [0.25, 0.3) is 0 Å². The third kappa shape index (κ3) is 6.20. The summed E-state index contributed by atoms with van der Waals surface area (Å²) in [5.41, 5.74) is 0.867. The number of hydrogen-bond donors (Lipinski definition) is 2. The van der Waals surface area contributed by atoms with Crippen molar-refractivity contribution in [3.63, 3.8) is 0 Å². The fraction of sp³-hybridized carbons (Fsp3) is 0.538. The molecule has 0 bridgehead atoms. The average Bonchev–Trinajstić information content (AvgIpc) is 2.43. The van der Waals surface area contributed by atoms with E-state index in [2.05, 4.69) is 14.9 Å². The summed E-state index contributed by atoms with van der Waals surface area (Å²) in [5.74, 6) is 0. The standard InChI is InChI=1S/C13H20ClN3O2S.2ClH/c1-11-2-3-12(10-13(11)14)20(18,19)16-6-9-17-7-4-15-5-8-17;;/h2-3,10,15-16H,4-9H2,1H3;2*1H. The zero-order chi connectivity index (χ0) is 14.6. The fourth-order valence-electron chi connectivity index (χ4n) is 2.10. The lowest BCUT2D eigenvalue weighted by molar-refractivity contribution is 0.245. The van der Waals surface area contributed by atoms with Gasteiger partial charge in [0.2, 0.25) is 10.0 Å². The highest BCUT2D eigenvalue weighted by atomic mass is 35.5. The van der Waals surface area contributed by atoms with Crippen LogP contribution in [-0.2, 0) is 10.0 Å². The van der Waals surface area contributed by atoms with Crippen molar-refractivity contribution < 1.29 is 8.42 Å². The first-order chi connectivity index (χ1) is 9.49. The summed E-state index contributed by atoms with van der Waals surface area (Å²) in [6.07, 6.45) is 0. The first kappa shape index (κ1) is 21.9. The molecule has 1 saturated heterocycles. The number of rotatable bonds is 5. The number of benzene rings is 1. The van der Waals surface area contributed by atoms with Gasteiger partial charge in [0.1, 0.15) is 0 Å². The van der Waals surface area contributed by atoms with E-state index in [-0.39, 0.29) is 29.7 Å². The minimum atomic E-state index is -3.48. The molecule has 0 amide bonds. The van der Waals surface area contributed by atoms with E-state index in [9.17, 15) is 8.42 Å². The van der Waals surface area contributed by atoms with E-state index in [1.165, 1.54) is 6.07 Å². The van der Waals surface area contributed by atoms with Crippen LogP contribution in [0.3, 0.4) is 0 Å². The molecule has 0 saturated carbocycles. The molecule has 1 aliphatic rings. The quantitative estimate of drug-likeness (QED) is 0.803. The number of aryl methyl sites for hydroxylation is 1. The predicted molar refractivity (Wildman–Crippen MR) is 95.2 cm³/mol. The van der Waals surface area contributed by atoms with Gasteiger partial charge in [-0.15, -0.1) is 24.8 Å². The Kier molecular flexibility index (Phi) is 9.89. The Balaban J connectivity index is 0.00000220. The van der Waals surface area contributed by atoms with Gasteiger partial charge in [0, 0.05) is 44.3 Å². The molecular formula is C13H22Cl3N3O2S. The zero-order valence-electron chi connectivity index (χ0n) is 12.3. The number of nitrogens with zero attached hydrogens (tertiary/aromatic N) is 1. The third-order valence-corrected chi connectivity index (χ3v) is 5.25. The van der Waals surface area contributed by atoms with Gasteiger partial charge in [-0.1, -0.05) is 17.7 Å². The van der Waals surface area contributed by atoms with E-state index in [4.69, 9.17) is 11.6 Å². The lowest BCUT2D eigenvalue weighted by atomic mass is 10.2. The molecule has 1 aromatic rings. The second-order valence-electron chi connectivity index (χ2n) is 4.90. The van der Waals surface area contributed by atoms with Crippen molar-refractivity contribution in [1.29, 1.82) is 0 Å². The van der Waals surface area contributed by atoms with Crippen LogP contribution in [0.15, 0.2) is 23.1 Å². The van der Waals surface area contributed by atoms with Crippen LogP contribution in [0.1, 0.15) is 5.56 Å². The van der Waals surface area contributed by atoms with Crippen LogP contribution in [0, 0.1) is 6.92 Å². The van der Waals surface area contributed by atoms with Crippen molar-refractivity contribution in [1.82, 2.24) is 14.9 Å². The maximum absolute atomic E-state index is 12.1. The molecule has 9 heteroatoms. The summed E-state index contributed by atoms with van der Waals surface area (Å²) >= 11 is 5.97. The Hall–Kier alpha value is -0.0800. The molecule has 0 unspecified atom stereocenters. The van der Waals surface area contributed by atoms with E-state index in [1.807, 2.05) is 6.92 Å². The molecule has 1 heterocycles. The highest BCUT2D eigenvalue weighted by molar-refractivity contribution is 7.89. The van der Waals surface area contributed by atoms with Crippen molar-refractivity contribution >= 4 is 46.4 Å². The van der Waals surface area contributed by atoms with E-state index >= 15 is 0 Å². The Morgan fingerprint density at radius 2 is 1.91 bits per heavy atom. The monoisotopic (exact) mass is 389 g/mol. The van der Waals surface area contributed by atoms with Gasteiger partial charge in [0.25, 0.3) is 0 Å². The highest BCUT2D eigenvalue weighted by Crippen LogP contribution is 2.19. The first-order valence-electron chi connectivity index (χ1n) is 6.68. The molecule has 0 spiro atoms. The van der Waals surface area contributed by atoms with Crippen molar-refractivity contribution in [2.45, 2.75) is 11.8 Å². The maximum atomic E-state index is 12.1. The van der Waals surface area contributed by atoms with Gasteiger partial charge in [0.15, 0.2) is 0 Å². The summed E-state index contributed by atoms with van der Waals surface area (Å²) in [6.45, 7) is 6.81. The summed E-state index contributed by atoms with van der Waals surface area (Å²) in [7, 11) is -3.48. The number of halogens is 3. The summed E-state index contributed by atoms with van der Waals surface area (Å²) in [4.78, 5) is 2.45. The average molecular weight is 391 g/mol. The fourth-order valence-corrected chi connectivity index (χ4v) is 3.39. The molecule has 1 aliphatic heterocycles. The van der Waals surface area contributed by atoms with Gasteiger partial charge in [-0.3, -0.25) is 4.90 Å². The van der Waals surface area contributed by atoms with E-state index in [1.54, 1.807) is 12.1 Å². The molecule has 0 atom stereocenters. The molecule has 0 aliphatic carbocycles. The largest absolute Gasteiger partial charge is 0.314 e. The summed E-state index contributed by atoms with van der Waals surface area (Å²) in [6, 6.07) is 4.78. The Morgan fingerprint density at radius 3 is 2.50 bits per heavy atom. The molecule has 5 nitrogen and oxygen atoms in total. The SMILES string of the molecule is Cc1ccc(S(=O)(=O)NCCN2CCNCC2)cc1Cl.Cl.Cl. The maximum Gasteiger partial charge on any atom is 0.240 e. The minimum absolute atomic E-state index is 0. The summed E-state index contributed by atoms with van der Waals surface area (Å²) in [5, 5.41) is 3.73. The van der Waals surface area contributed by atoms with Gasteiger partial charge < -0.3 is 5.32 Å². The second-order valence-corrected chi connectivity index (χ2v) is 7.07. The Bertz CT molecular complexity index is 564. The van der Waals surface area contributed by atoms with Gasteiger partial charge in [-0.2, -0.15) is 0 Å². The number of nitrogens with one attached hydrogen (secondary N) is 2. The lowest BCUT2D eigenvalue weighted by Gasteiger charge is -2.27. The smallest absolute Gasteiger partial charge is 0.240 e. The minimum Gasteiger partial charge on any atom is -0.314 e. The van der Waals surface area contributed by atoms with Crippen molar-refractivity contribution in [3.8, 4) is 0 Å². The topological polar surface area (TPSA) is 61.4 Å². The number of sulfonamides is 1. The van der Waals surface area contributed by atoms with E-state index < -0.39 is 10.0 Å². The van der Waals surface area contributed by atoms with Crippen LogP contribution >= 0.6 is 36.4 Å². The van der Waals surface area contributed by atoms with Crippen molar-refractivity contribution in [2.75, 3.05) is 39.3 Å². The molecule has 0 radical (unpaired) electrons. The Morgan fingerprint density at radius 1 is 1.27 bits per heavy atom. The first-order valence-corrected chi connectivity index (χ1v) is 8.54. The number of hydrogen-bond acceptors (Lipinski definition) is 4. The van der Waals surface area contributed by atoms with E-state index in [0.717, 1.165) is 38.3 Å². The molecule has 2 N–H and O–H groups in total. The third-order valence-electron chi connectivity index (χ3n) is 3.38. The molecule has 0 aromatic heterocycles. The van der Waals surface area contributed by atoms with Gasteiger partial charge >= 0.3 is 0 Å². The zero-order valence-corrected chi connectivity index (χ0v) is 15.5. The highest BCUT2D eigenvalue weighted by Gasteiger charge is 2.16. The van der Waals surface area contributed by atoms with Crippen LogP contribution in [0.4, 0.5) is 0 Å². The van der Waals surface area contributed by atoms with E-state index in [0.29, 0.717) is 11.6 Å². The van der Waals surface area contributed by atoms with Crippen molar-refractivity contribution in [2.24, 2.45) is 0 Å². The van der Waals surface area contributed by atoms with Crippen LogP contribution in [0.2, 0.25) is 5.02 Å². The van der Waals surface area contributed by atoms with Crippen molar-refractivity contribution in [3.05, 3.63) is 28.8 Å². The summed E-state index contributed by atoms with van der Waals surface area (Å²) < 4.78 is 26.9. The molecule has 1 fully saturated rings. The van der Waals surface area contributed by atoms with Crippen LogP contribution in [0.5, 0.6) is 0 Å².